The number of thiazole rings is 1. The third-order valence-electron chi connectivity index (χ3n) is 5.69. The van der Waals surface area contributed by atoms with Crippen LogP contribution in [0.4, 0.5) is 0 Å². The minimum Gasteiger partial charge on any atom is -0.503 e. The molecule has 0 spiro atoms. The van der Waals surface area contributed by atoms with Crippen LogP contribution in [0.1, 0.15) is 51.4 Å². The normalized spacial score (nSPS) is 15.8. The fourth-order valence-corrected chi connectivity index (χ4v) is 5.13. The van der Waals surface area contributed by atoms with Crippen molar-refractivity contribution in [3.05, 3.63) is 86.6 Å². The maximum Gasteiger partial charge on any atom is 0.290 e. The Morgan fingerprint density at radius 1 is 1.14 bits per heavy atom. The summed E-state index contributed by atoms with van der Waals surface area (Å²) in [6.45, 7) is 7.61. The van der Waals surface area contributed by atoms with E-state index in [2.05, 4.69) is 4.98 Å². The summed E-state index contributed by atoms with van der Waals surface area (Å²) in [5.74, 6) is -0.261. The van der Waals surface area contributed by atoms with E-state index in [9.17, 15) is 14.7 Å². The van der Waals surface area contributed by atoms with Gasteiger partial charge in [-0.1, -0.05) is 24.3 Å². The number of amides is 1. The highest BCUT2D eigenvalue weighted by Gasteiger charge is 2.44. The highest BCUT2D eigenvalue weighted by atomic mass is 32.1. The monoisotopic (exact) mass is 492 g/mol. The number of carbonyl (C=O) groups excluding carboxylic acids is 2. The third kappa shape index (κ3) is 4.93. The molecule has 0 radical (unpaired) electrons. The molecular formula is C27H28N2O5S. The lowest BCUT2D eigenvalue weighted by Gasteiger charge is -2.27. The molecule has 0 fully saturated rings. The van der Waals surface area contributed by atoms with Gasteiger partial charge >= 0.3 is 0 Å². The molecule has 0 saturated heterocycles. The van der Waals surface area contributed by atoms with Crippen molar-refractivity contribution >= 4 is 23.0 Å². The summed E-state index contributed by atoms with van der Waals surface area (Å²) < 4.78 is 11.2. The predicted octanol–water partition coefficient (Wildman–Crippen LogP) is 5.33. The van der Waals surface area contributed by atoms with Crippen LogP contribution >= 0.6 is 11.3 Å². The summed E-state index contributed by atoms with van der Waals surface area (Å²) in [7, 11) is 1.58. The number of hydrogen-bond donors (Lipinski definition) is 1. The van der Waals surface area contributed by atoms with Crippen LogP contribution in [0.25, 0.3) is 0 Å². The van der Waals surface area contributed by atoms with Gasteiger partial charge in [0.05, 0.1) is 40.4 Å². The number of aryl methyl sites for hydroxylation is 2. The first-order valence-electron chi connectivity index (χ1n) is 11.3. The van der Waals surface area contributed by atoms with Crippen LogP contribution in [0.3, 0.4) is 0 Å². The minimum absolute atomic E-state index is 0.0452. The van der Waals surface area contributed by atoms with Gasteiger partial charge < -0.3 is 19.5 Å². The molecule has 2 heterocycles. The summed E-state index contributed by atoms with van der Waals surface area (Å²) >= 11 is 1.25. The molecule has 1 atom stereocenters. The number of Topliss-reactive ketones (excluding diaryl/α,β-unsaturated/α-hetero) is 1. The summed E-state index contributed by atoms with van der Waals surface area (Å²) in [6.07, 6.45) is -0.0452. The first-order valence-corrected chi connectivity index (χ1v) is 12.1. The van der Waals surface area contributed by atoms with E-state index < -0.39 is 23.5 Å². The van der Waals surface area contributed by atoms with E-state index in [4.69, 9.17) is 9.47 Å². The first-order chi connectivity index (χ1) is 16.7. The average Bonchev–Trinajstić information content (AvgIpc) is 3.29. The fraction of sp³-hybridized carbons (Fsp3) is 0.296. The Balaban J connectivity index is 1.81. The van der Waals surface area contributed by atoms with Crippen molar-refractivity contribution in [3.63, 3.8) is 0 Å². The minimum atomic E-state index is -0.793. The Labute approximate surface area is 208 Å². The van der Waals surface area contributed by atoms with Gasteiger partial charge in [-0.3, -0.25) is 9.59 Å². The lowest BCUT2D eigenvalue weighted by molar-refractivity contribution is -0.130. The molecule has 2 aromatic carbocycles. The molecule has 1 N–H and O–H groups in total. The number of ether oxygens (including phenoxy) is 2. The van der Waals surface area contributed by atoms with Gasteiger partial charge in [0.15, 0.2) is 5.76 Å². The molecule has 35 heavy (non-hydrogen) atoms. The number of hydrogen-bond acceptors (Lipinski definition) is 7. The number of ketones is 1. The largest absolute Gasteiger partial charge is 0.503 e. The Bertz CT molecular complexity index is 1310. The molecule has 182 valence electrons. The van der Waals surface area contributed by atoms with Gasteiger partial charge in [-0.25, -0.2) is 4.98 Å². The lowest BCUT2D eigenvalue weighted by atomic mass is 9.94. The Hall–Kier alpha value is -3.65. The van der Waals surface area contributed by atoms with Gasteiger partial charge in [0.1, 0.15) is 11.5 Å². The van der Waals surface area contributed by atoms with Crippen molar-refractivity contribution in [1.82, 2.24) is 9.88 Å². The van der Waals surface area contributed by atoms with Crippen LogP contribution in [0.5, 0.6) is 11.5 Å². The summed E-state index contributed by atoms with van der Waals surface area (Å²) in [5.41, 5.74) is 2.10. The molecule has 0 bridgehead atoms. The van der Waals surface area contributed by atoms with Crippen LogP contribution in [-0.4, -0.2) is 39.9 Å². The van der Waals surface area contributed by atoms with Gasteiger partial charge in [-0.15, -0.1) is 11.3 Å². The van der Waals surface area contributed by atoms with Crippen LogP contribution < -0.4 is 9.47 Å². The van der Waals surface area contributed by atoms with Crippen molar-refractivity contribution < 1.29 is 24.2 Å². The van der Waals surface area contributed by atoms with E-state index in [1.807, 2.05) is 69.3 Å². The second kappa shape index (κ2) is 9.92. The molecule has 0 aliphatic carbocycles. The molecule has 8 heteroatoms. The number of aliphatic hydroxyl groups excluding tert-OH is 1. The fourth-order valence-electron chi connectivity index (χ4n) is 4.26. The van der Waals surface area contributed by atoms with Crippen molar-refractivity contribution in [2.45, 2.75) is 46.4 Å². The van der Waals surface area contributed by atoms with Gasteiger partial charge in [-0.2, -0.15) is 0 Å². The van der Waals surface area contributed by atoms with Crippen molar-refractivity contribution in [2.24, 2.45) is 0 Å². The van der Waals surface area contributed by atoms with Gasteiger partial charge in [0.2, 0.25) is 5.78 Å². The number of aromatic nitrogens is 1. The zero-order valence-corrected chi connectivity index (χ0v) is 21.2. The van der Waals surface area contributed by atoms with Gasteiger partial charge in [-0.05, 0) is 63.1 Å². The molecule has 1 aliphatic heterocycles. The van der Waals surface area contributed by atoms with Crippen molar-refractivity contribution in [3.8, 4) is 11.5 Å². The highest BCUT2D eigenvalue weighted by Crippen LogP contribution is 2.42. The topological polar surface area (TPSA) is 89.0 Å². The quantitative estimate of drug-likeness (QED) is 0.427. The molecule has 1 unspecified atom stereocenters. The van der Waals surface area contributed by atoms with E-state index in [1.54, 1.807) is 14.0 Å². The molecule has 4 rings (SSSR count). The van der Waals surface area contributed by atoms with Crippen molar-refractivity contribution in [2.75, 3.05) is 7.11 Å². The van der Waals surface area contributed by atoms with Crippen LogP contribution in [0, 0.1) is 13.8 Å². The van der Waals surface area contributed by atoms with E-state index >= 15 is 0 Å². The summed E-state index contributed by atoms with van der Waals surface area (Å²) in [4.78, 5) is 33.3. The predicted molar refractivity (Wildman–Crippen MR) is 134 cm³/mol. The molecule has 3 aromatic rings. The Kier molecular flexibility index (Phi) is 6.93. The van der Waals surface area contributed by atoms with E-state index in [0.29, 0.717) is 27.6 Å². The highest BCUT2D eigenvalue weighted by molar-refractivity contribution is 7.14. The Morgan fingerprint density at radius 2 is 1.86 bits per heavy atom. The zero-order chi connectivity index (χ0) is 25.3. The number of rotatable bonds is 8. The van der Waals surface area contributed by atoms with Gasteiger partial charge in [0.25, 0.3) is 5.91 Å². The zero-order valence-electron chi connectivity index (χ0n) is 20.4. The molecular weight excluding hydrogens is 464 g/mol. The Morgan fingerprint density at radius 3 is 2.51 bits per heavy atom. The van der Waals surface area contributed by atoms with Crippen LogP contribution in [0.15, 0.2) is 59.9 Å². The molecule has 7 nitrogen and oxygen atoms in total. The maximum absolute atomic E-state index is 13.7. The second-order valence-corrected chi connectivity index (χ2v) is 9.87. The number of carbonyl (C=O) groups is 2. The SMILES string of the molecule is COc1cccc(CN2C(=O)C(O)=C(C(=O)c3sc(C)nc3C)C2c2cccc(OC(C)C)c2)c1. The second-order valence-electron chi connectivity index (χ2n) is 8.67. The molecule has 1 aliphatic rings. The van der Waals surface area contributed by atoms with Crippen LogP contribution in [0.2, 0.25) is 0 Å². The number of benzene rings is 2. The van der Waals surface area contributed by atoms with E-state index in [0.717, 1.165) is 10.6 Å². The third-order valence-corrected chi connectivity index (χ3v) is 6.76. The number of methoxy groups -OCH3 is 1. The molecule has 1 amide bonds. The standard InChI is InChI=1S/C27H28N2O5S/c1-15(2)34-21-11-7-9-19(13-21)23-22(24(30)26-16(3)28-17(4)35-26)25(31)27(32)29(23)14-18-8-6-10-20(12-18)33-5/h6-13,15,23,31H,14H2,1-5H3. The van der Waals surface area contributed by atoms with E-state index in [-0.39, 0.29) is 18.2 Å². The van der Waals surface area contributed by atoms with Crippen LogP contribution in [-0.2, 0) is 11.3 Å². The maximum atomic E-state index is 13.7. The first kappa shape index (κ1) is 24.5. The molecule has 1 aromatic heterocycles. The van der Waals surface area contributed by atoms with Crippen molar-refractivity contribution in [1.29, 1.82) is 0 Å². The average molecular weight is 493 g/mol. The summed E-state index contributed by atoms with van der Waals surface area (Å²) in [5, 5.41) is 11.7. The summed E-state index contributed by atoms with van der Waals surface area (Å²) in [6, 6.07) is 13.9. The van der Waals surface area contributed by atoms with Gasteiger partial charge in [0, 0.05) is 6.54 Å². The lowest BCUT2D eigenvalue weighted by Crippen LogP contribution is -2.30. The smallest absolute Gasteiger partial charge is 0.290 e. The number of nitrogens with zero attached hydrogens (tertiary/aromatic N) is 2. The number of aliphatic hydroxyl groups is 1. The molecule has 0 saturated carbocycles. The van der Waals surface area contributed by atoms with E-state index in [1.165, 1.54) is 16.2 Å².